The van der Waals surface area contributed by atoms with Gasteiger partial charge in [0.1, 0.15) is 5.01 Å². The third-order valence-electron chi connectivity index (χ3n) is 4.60. The van der Waals surface area contributed by atoms with Crippen molar-refractivity contribution in [1.82, 2.24) is 10.3 Å². The summed E-state index contributed by atoms with van der Waals surface area (Å²) in [6.45, 7) is 13.6. The largest absolute Gasteiger partial charge is 0.305 e. The molecule has 1 unspecified atom stereocenters. The van der Waals surface area contributed by atoms with Crippen LogP contribution >= 0.6 is 11.3 Å². The molecular weight excluding hydrogens is 276 g/mol. The maximum absolute atomic E-state index is 4.99. The molecule has 1 aliphatic rings. The molecule has 0 spiro atoms. The molecule has 0 aromatic carbocycles. The third kappa shape index (κ3) is 4.53. The second-order valence-electron chi connectivity index (χ2n) is 8.14. The lowest BCUT2D eigenvalue weighted by Gasteiger charge is -2.33. The van der Waals surface area contributed by atoms with Crippen LogP contribution < -0.4 is 5.32 Å². The Balaban J connectivity index is 2.17. The summed E-state index contributed by atoms with van der Waals surface area (Å²) >= 11 is 1.85. The zero-order chi connectivity index (χ0) is 15.6. The fraction of sp³-hybridized carbons (Fsp3) is 0.833. The van der Waals surface area contributed by atoms with Gasteiger partial charge in [-0.15, -0.1) is 11.3 Å². The number of nitrogens with one attached hydrogen (secondary N) is 1. The van der Waals surface area contributed by atoms with Crippen LogP contribution in [0.1, 0.15) is 84.0 Å². The van der Waals surface area contributed by atoms with Gasteiger partial charge < -0.3 is 5.32 Å². The summed E-state index contributed by atoms with van der Waals surface area (Å²) in [6.07, 6.45) is 5.43. The van der Waals surface area contributed by atoms with Crippen molar-refractivity contribution in [3.05, 3.63) is 16.1 Å². The molecule has 0 aliphatic heterocycles. The van der Waals surface area contributed by atoms with Crippen LogP contribution in [-0.4, -0.2) is 11.0 Å². The van der Waals surface area contributed by atoms with Gasteiger partial charge in [0.15, 0.2) is 0 Å². The Labute approximate surface area is 134 Å². The number of aromatic nitrogens is 1. The molecular formula is C18H32N2S. The van der Waals surface area contributed by atoms with Crippen molar-refractivity contribution in [2.45, 2.75) is 84.7 Å². The minimum absolute atomic E-state index is 0.151. The summed E-state index contributed by atoms with van der Waals surface area (Å²) in [5.41, 5.74) is 1.39. The topological polar surface area (TPSA) is 24.9 Å². The Bertz CT molecular complexity index is 436. The monoisotopic (exact) mass is 308 g/mol. The first-order valence-corrected chi connectivity index (χ1v) is 9.37. The summed E-state index contributed by atoms with van der Waals surface area (Å²) in [5.74, 6) is 1.66. The van der Waals surface area contributed by atoms with E-state index in [0.29, 0.717) is 12.1 Å². The zero-order valence-corrected chi connectivity index (χ0v) is 15.4. The van der Waals surface area contributed by atoms with E-state index in [0.717, 1.165) is 11.8 Å². The van der Waals surface area contributed by atoms with Gasteiger partial charge in [-0.1, -0.05) is 54.4 Å². The van der Waals surface area contributed by atoms with Gasteiger partial charge in [-0.25, -0.2) is 4.98 Å². The minimum atomic E-state index is 0.151. The van der Waals surface area contributed by atoms with Gasteiger partial charge >= 0.3 is 0 Å². The van der Waals surface area contributed by atoms with Crippen molar-refractivity contribution in [2.24, 2.45) is 11.8 Å². The van der Waals surface area contributed by atoms with Crippen molar-refractivity contribution in [1.29, 1.82) is 0 Å². The van der Waals surface area contributed by atoms with Crippen LogP contribution in [0.2, 0.25) is 0 Å². The van der Waals surface area contributed by atoms with Crippen LogP contribution in [0.5, 0.6) is 0 Å². The van der Waals surface area contributed by atoms with Gasteiger partial charge in [-0.3, -0.25) is 0 Å². The van der Waals surface area contributed by atoms with Crippen LogP contribution in [0.25, 0.3) is 0 Å². The Morgan fingerprint density at radius 3 is 2.29 bits per heavy atom. The van der Waals surface area contributed by atoms with Gasteiger partial charge in [-0.2, -0.15) is 0 Å². The summed E-state index contributed by atoms with van der Waals surface area (Å²) in [4.78, 5) is 4.99. The van der Waals surface area contributed by atoms with Crippen molar-refractivity contribution >= 4 is 11.3 Å². The van der Waals surface area contributed by atoms with E-state index in [2.05, 4.69) is 52.2 Å². The molecule has 21 heavy (non-hydrogen) atoms. The fourth-order valence-corrected chi connectivity index (χ4v) is 4.36. The van der Waals surface area contributed by atoms with E-state index in [1.54, 1.807) is 0 Å². The number of nitrogens with zero attached hydrogens (tertiary/aromatic N) is 1. The molecule has 0 amide bonds. The van der Waals surface area contributed by atoms with E-state index in [1.165, 1.54) is 36.4 Å². The number of hydrogen-bond donors (Lipinski definition) is 1. The van der Waals surface area contributed by atoms with Crippen LogP contribution in [0.4, 0.5) is 0 Å². The molecule has 1 atom stereocenters. The molecule has 0 radical (unpaired) electrons. The Hall–Kier alpha value is -0.410. The SMILES string of the molecule is CC1CCC(C(NC(C)C)c2nc(C(C)(C)C)cs2)CC1. The average Bonchev–Trinajstić information content (AvgIpc) is 2.86. The molecule has 2 nitrogen and oxygen atoms in total. The second kappa shape index (κ2) is 6.78. The normalized spacial score (nSPS) is 25.3. The highest BCUT2D eigenvalue weighted by Gasteiger charge is 2.30. The molecule has 0 bridgehead atoms. The zero-order valence-electron chi connectivity index (χ0n) is 14.6. The van der Waals surface area contributed by atoms with E-state index in [9.17, 15) is 0 Å². The van der Waals surface area contributed by atoms with Gasteiger partial charge in [0, 0.05) is 16.8 Å². The maximum Gasteiger partial charge on any atom is 0.110 e. The standard InChI is InChI=1S/C18H32N2S/c1-12(2)19-16(14-9-7-13(3)8-10-14)17-20-15(11-21-17)18(4,5)6/h11-14,16,19H,7-10H2,1-6H3. The highest BCUT2D eigenvalue weighted by Crippen LogP contribution is 2.38. The number of thiazole rings is 1. The summed E-state index contributed by atoms with van der Waals surface area (Å²) in [6, 6.07) is 0.954. The van der Waals surface area contributed by atoms with Crippen molar-refractivity contribution in [2.75, 3.05) is 0 Å². The summed E-state index contributed by atoms with van der Waals surface area (Å²) < 4.78 is 0. The van der Waals surface area contributed by atoms with E-state index in [-0.39, 0.29) is 5.41 Å². The molecule has 1 fully saturated rings. The third-order valence-corrected chi connectivity index (χ3v) is 5.53. The average molecular weight is 309 g/mol. The van der Waals surface area contributed by atoms with Crippen molar-refractivity contribution < 1.29 is 0 Å². The Kier molecular flexibility index (Phi) is 5.48. The Morgan fingerprint density at radius 2 is 1.81 bits per heavy atom. The van der Waals surface area contributed by atoms with E-state index < -0.39 is 0 Å². The molecule has 1 aliphatic carbocycles. The molecule has 2 rings (SSSR count). The highest BCUT2D eigenvalue weighted by atomic mass is 32.1. The van der Waals surface area contributed by atoms with Crippen LogP contribution in [-0.2, 0) is 5.41 Å². The van der Waals surface area contributed by atoms with E-state index in [1.807, 2.05) is 11.3 Å². The molecule has 1 aromatic heterocycles. The summed E-state index contributed by atoms with van der Waals surface area (Å²) in [7, 11) is 0. The van der Waals surface area contributed by atoms with E-state index >= 15 is 0 Å². The molecule has 120 valence electrons. The fourth-order valence-electron chi connectivity index (χ4n) is 3.16. The van der Waals surface area contributed by atoms with Crippen LogP contribution in [0, 0.1) is 11.8 Å². The smallest absolute Gasteiger partial charge is 0.110 e. The van der Waals surface area contributed by atoms with Gasteiger partial charge in [-0.05, 0) is 24.7 Å². The van der Waals surface area contributed by atoms with Gasteiger partial charge in [0.25, 0.3) is 0 Å². The number of hydrogen-bond acceptors (Lipinski definition) is 3. The van der Waals surface area contributed by atoms with Crippen molar-refractivity contribution in [3.8, 4) is 0 Å². The lowest BCUT2D eigenvalue weighted by atomic mass is 9.79. The lowest BCUT2D eigenvalue weighted by molar-refractivity contribution is 0.223. The summed E-state index contributed by atoms with van der Waals surface area (Å²) in [5, 5.41) is 7.35. The quantitative estimate of drug-likeness (QED) is 0.815. The highest BCUT2D eigenvalue weighted by molar-refractivity contribution is 7.09. The lowest BCUT2D eigenvalue weighted by Crippen LogP contribution is -2.35. The maximum atomic E-state index is 4.99. The van der Waals surface area contributed by atoms with Crippen LogP contribution in [0.15, 0.2) is 5.38 Å². The molecule has 1 saturated carbocycles. The predicted molar refractivity (Wildman–Crippen MR) is 92.9 cm³/mol. The van der Waals surface area contributed by atoms with Gasteiger partial charge in [0.2, 0.25) is 0 Å². The Morgan fingerprint density at radius 1 is 1.19 bits per heavy atom. The minimum Gasteiger partial charge on any atom is -0.305 e. The molecule has 1 aromatic rings. The molecule has 1 heterocycles. The van der Waals surface area contributed by atoms with E-state index in [4.69, 9.17) is 4.98 Å². The first-order chi connectivity index (χ1) is 9.77. The second-order valence-corrected chi connectivity index (χ2v) is 9.03. The first-order valence-electron chi connectivity index (χ1n) is 8.49. The molecule has 1 N–H and O–H groups in total. The molecule has 3 heteroatoms. The van der Waals surface area contributed by atoms with Gasteiger partial charge in [0.05, 0.1) is 11.7 Å². The number of rotatable bonds is 4. The van der Waals surface area contributed by atoms with Crippen LogP contribution in [0.3, 0.4) is 0 Å². The first kappa shape index (κ1) is 17.0. The van der Waals surface area contributed by atoms with Crippen molar-refractivity contribution in [3.63, 3.8) is 0 Å². The molecule has 0 saturated heterocycles. The predicted octanol–water partition coefficient (Wildman–Crippen LogP) is 5.31.